The summed E-state index contributed by atoms with van der Waals surface area (Å²) in [7, 11) is 0. The van der Waals surface area contributed by atoms with Crippen molar-refractivity contribution in [3.8, 4) is 0 Å². The molecule has 0 N–H and O–H groups in total. The lowest BCUT2D eigenvalue weighted by Crippen LogP contribution is -2.15. The van der Waals surface area contributed by atoms with Crippen LogP contribution in [0.25, 0.3) is 0 Å². The van der Waals surface area contributed by atoms with Crippen LogP contribution < -0.4 is 0 Å². The smallest absolute Gasteiger partial charge is 0.00756 e. The first-order valence-corrected chi connectivity index (χ1v) is 5.03. The van der Waals surface area contributed by atoms with Crippen LogP contribution in [-0.4, -0.2) is 0 Å². The first-order valence-electron chi connectivity index (χ1n) is 5.03. The zero-order valence-corrected chi connectivity index (χ0v) is 9.73. The van der Waals surface area contributed by atoms with Gasteiger partial charge in [0.1, 0.15) is 0 Å². The molecule has 0 saturated heterocycles. The van der Waals surface area contributed by atoms with Crippen molar-refractivity contribution in [3.63, 3.8) is 0 Å². The highest BCUT2D eigenvalue weighted by Gasteiger charge is 2.27. The molecule has 1 radical (unpaired) electrons. The molecule has 0 spiro atoms. The Morgan fingerprint density at radius 2 is 1.62 bits per heavy atom. The first-order chi connectivity index (χ1) is 5.71. The second-order valence-corrected chi connectivity index (χ2v) is 6.03. The standard InChI is InChI=1S/C13H21/c1-12(2,3)10-7-8-11(9-10)13(4,5)6/h7,9,11H,1-6H3. The maximum atomic E-state index is 3.44. The summed E-state index contributed by atoms with van der Waals surface area (Å²) in [6, 6.07) is 0. The van der Waals surface area contributed by atoms with E-state index in [0.29, 0.717) is 11.3 Å². The van der Waals surface area contributed by atoms with Crippen molar-refractivity contribution in [1.29, 1.82) is 0 Å². The average molecular weight is 177 g/mol. The Morgan fingerprint density at radius 1 is 1.08 bits per heavy atom. The van der Waals surface area contributed by atoms with Crippen molar-refractivity contribution < 1.29 is 0 Å². The lowest BCUT2D eigenvalue weighted by Gasteiger charge is -2.24. The molecule has 0 amide bonds. The summed E-state index contributed by atoms with van der Waals surface area (Å²) in [6.45, 7) is 13.5. The third kappa shape index (κ3) is 2.46. The fourth-order valence-electron chi connectivity index (χ4n) is 1.42. The van der Waals surface area contributed by atoms with Crippen LogP contribution in [0, 0.1) is 22.8 Å². The molecule has 0 heteroatoms. The van der Waals surface area contributed by atoms with Crippen molar-refractivity contribution >= 4 is 0 Å². The van der Waals surface area contributed by atoms with Crippen molar-refractivity contribution in [2.75, 3.05) is 0 Å². The summed E-state index contributed by atoms with van der Waals surface area (Å²) in [4.78, 5) is 0. The summed E-state index contributed by atoms with van der Waals surface area (Å²) in [5.41, 5.74) is 2.00. The Labute approximate surface area is 82.7 Å². The Balaban J connectivity index is 2.84. The fourth-order valence-corrected chi connectivity index (χ4v) is 1.42. The second kappa shape index (κ2) is 3.01. The SMILES string of the molecule is CC(C)(C)C1=CC(C(C)(C)C)[C]=C1. The molecule has 1 aliphatic carbocycles. The molecule has 1 aliphatic rings. The van der Waals surface area contributed by atoms with Crippen molar-refractivity contribution in [3.05, 3.63) is 23.8 Å². The van der Waals surface area contributed by atoms with Crippen LogP contribution in [0.2, 0.25) is 0 Å². The normalized spacial score (nSPS) is 23.5. The van der Waals surface area contributed by atoms with Gasteiger partial charge in [-0.3, -0.25) is 0 Å². The van der Waals surface area contributed by atoms with Crippen LogP contribution in [0.4, 0.5) is 0 Å². The molecular formula is C13H21. The molecule has 0 nitrogen and oxygen atoms in total. The molecule has 0 aromatic rings. The van der Waals surface area contributed by atoms with Crippen LogP contribution in [0.15, 0.2) is 17.7 Å². The molecule has 1 atom stereocenters. The molecule has 1 rings (SSSR count). The van der Waals surface area contributed by atoms with Crippen LogP contribution in [0.5, 0.6) is 0 Å². The fraction of sp³-hybridized carbons (Fsp3) is 0.692. The Bertz CT molecular complexity index is 240. The van der Waals surface area contributed by atoms with Gasteiger partial charge in [0.15, 0.2) is 0 Å². The van der Waals surface area contributed by atoms with Gasteiger partial charge in [-0.1, -0.05) is 53.7 Å². The minimum absolute atomic E-state index is 0.271. The summed E-state index contributed by atoms with van der Waals surface area (Å²) < 4.78 is 0. The van der Waals surface area contributed by atoms with E-state index in [-0.39, 0.29) is 5.41 Å². The van der Waals surface area contributed by atoms with Gasteiger partial charge in [0.25, 0.3) is 0 Å². The Morgan fingerprint density at radius 3 is 1.85 bits per heavy atom. The lowest BCUT2D eigenvalue weighted by molar-refractivity contribution is 0.337. The minimum atomic E-state index is 0.271. The molecule has 0 heterocycles. The molecule has 0 aromatic carbocycles. The second-order valence-electron chi connectivity index (χ2n) is 6.03. The Kier molecular flexibility index (Phi) is 2.44. The zero-order chi connectivity index (χ0) is 10.3. The third-order valence-electron chi connectivity index (χ3n) is 2.56. The van der Waals surface area contributed by atoms with Crippen molar-refractivity contribution in [2.45, 2.75) is 41.5 Å². The zero-order valence-electron chi connectivity index (χ0n) is 9.73. The number of hydrogen-bond donors (Lipinski definition) is 0. The first kappa shape index (κ1) is 10.6. The average Bonchev–Trinajstić information content (AvgIpc) is 2.28. The number of rotatable bonds is 0. The summed E-state index contributed by atoms with van der Waals surface area (Å²) in [5.74, 6) is 0.488. The summed E-state index contributed by atoms with van der Waals surface area (Å²) >= 11 is 0. The summed E-state index contributed by atoms with van der Waals surface area (Å²) in [6.07, 6.45) is 7.96. The highest BCUT2D eigenvalue weighted by atomic mass is 14.3. The van der Waals surface area contributed by atoms with E-state index in [4.69, 9.17) is 0 Å². The van der Waals surface area contributed by atoms with Gasteiger partial charge in [0.05, 0.1) is 0 Å². The Hall–Kier alpha value is -0.520. The molecule has 0 bridgehead atoms. The van der Waals surface area contributed by atoms with Gasteiger partial charge in [-0.2, -0.15) is 0 Å². The summed E-state index contributed by atoms with van der Waals surface area (Å²) in [5, 5.41) is 0. The predicted molar refractivity (Wildman–Crippen MR) is 58.3 cm³/mol. The van der Waals surface area contributed by atoms with Crippen LogP contribution in [0.3, 0.4) is 0 Å². The third-order valence-corrected chi connectivity index (χ3v) is 2.56. The van der Waals surface area contributed by atoms with E-state index >= 15 is 0 Å². The predicted octanol–water partition coefficient (Wildman–Crippen LogP) is 3.99. The van der Waals surface area contributed by atoms with Gasteiger partial charge < -0.3 is 0 Å². The van der Waals surface area contributed by atoms with Gasteiger partial charge >= 0.3 is 0 Å². The van der Waals surface area contributed by atoms with E-state index in [1.165, 1.54) is 5.57 Å². The van der Waals surface area contributed by atoms with E-state index in [2.05, 4.69) is 59.8 Å². The maximum Gasteiger partial charge on any atom is 0.00756 e. The van der Waals surface area contributed by atoms with Crippen LogP contribution >= 0.6 is 0 Å². The van der Waals surface area contributed by atoms with E-state index in [1.807, 2.05) is 0 Å². The number of allylic oxidation sites excluding steroid dienone is 4. The topological polar surface area (TPSA) is 0 Å². The highest BCUT2D eigenvalue weighted by molar-refractivity contribution is 5.31. The molecular weight excluding hydrogens is 156 g/mol. The quantitative estimate of drug-likeness (QED) is 0.525. The van der Waals surface area contributed by atoms with Gasteiger partial charge in [0.2, 0.25) is 0 Å². The molecule has 1 unspecified atom stereocenters. The number of hydrogen-bond acceptors (Lipinski definition) is 0. The van der Waals surface area contributed by atoms with Gasteiger partial charge in [0, 0.05) is 5.92 Å². The van der Waals surface area contributed by atoms with Crippen LogP contribution in [0.1, 0.15) is 41.5 Å². The van der Waals surface area contributed by atoms with Gasteiger partial charge in [-0.15, -0.1) is 0 Å². The minimum Gasteiger partial charge on any atom is -0.0727 e. The van der Waals surface area contributed by atoms with Gasteiger partial charge in [-0.25, -0.2) is 0 Å². The van der Waals surface area contributed by atoms with E-state index < -0.39 is 0 Å². The van der Waals surface area contributed by atoms with E-state index in [0.717, 1.165) is 0 Å². The van der Waals surface area contributed by atoms with E-state index in [9.17, 15) is 0 Å². The molecule has 73 valence electrons. The molecule has 0 fully saturated rings. The maximum absolute atomic E-state index is 3.44. The van der Waals surface area contributed by atoms with Crippen LogP contribution in [-0.2, 0) is 0 Å². The highest BCUT2D eigenvalue weighted by Crippen LogP contribution is 2.38. The molecule has 13 heavy (non-hydrogen) atoms. The lowest BCUT2D eigenvalue weighted by atomic mass is 9.80. The molecule has 0 aromatic heterocycles. The van der Waals surface area contributed by atoms with Gasteiger partial charge in [-0.05, 0) is 22.5 Å². The largest absolute Gasteiger partial charge is 0.0727 e. The van der Waals surface area contributed by atoms with Crippen molar-refractivity contribution in [1.82, 2.24) is 0 Å². The monoisotopic (exact) mass is 177 g/mol. The molecule has 0 aliphatic heterocycles. The van der Waals surface area contributed by atoms with E-state index in [1.54, 1.807) is 0 Å². The molecule has 0 saturated carbocycles. The van der Waals surface area contributed by atoms with Crippen molar-refractivity contribution in [2.24, 2.45) is 16.7 Å².